The predicted molar refractivity (Wildman–Crippen MR) is 28.5 cm³/mol. The molecule has 1 unspecified atom stereocenters. The molecule has 0 saturated carbocycles. The Morgan fingerprint density at radius 1 is 2.00 bits per heavy atom. The molecule has 40 valence electrons. The summed E-state index contributed by atoms with van der Waals surface area (Å²) < 4.78 is 4.86. The van der Waals surface area contributed by atoms with Crippen LogP contribution in [0.25, 0.3) is 0 Å². The highest BCUT2D eigenvalue weighted by Crippen LogP contribution is 2.01. The van der Waals surface area contributed by atoms with Gasteiger partial charge in [0.25, 0.3) is 0 Å². The summed E-state index contributed by atoms with van der Waals surface area (Å²) in [4.78, 5) is 4.01. The van der Waals surface area contributed by atoms with Gasteiger partial charge < -0.3 is 4.74 Å². The molecule has 0 aromatic rings. The average molecular weight is 99.1 g/mol. The molecule has 1 heterocycles. The fourth-order valence-corrected chi connectivity index (χ4v) is 0.550. The van der Waals surface area contributed by atoms with E-state index in [0.717, 1.165) is 13.0 Å². The molecule has 0 radical (unpaired) electrons. The molecule has 0 aliphatic carbocycles. The summed E-state index contributed by atoms with van der Waals surface area (Å²) in [7, 11) is 0. The highest BCUT2D eigenvalue weighted by Gasteiger charge is 2.06. The van der Waals surface area contributed by atoms with Crippen molar-refractivity contribution in [2.24, 2.45) is 4.99 Å². The Morgan fingerprint density at radius 2 is 2.86 bits per heavy atom. The van der Waals surface area contributed by atoms with Crippen molar-refractivity contribution in [1.82, 2.24) is 0 Å². The Bertz CT molecular complexity index is 80.1. The van der Waals surface area contributed by atoms with Crippen LogP contribution in [0.2, 0.25) is 0 Å². The van der Waals surface area contributed by atoms with Gasteiger partial charge in [-0.3, -0.25) is 4.99 Å². The van der Waals surface area contributed by atoms with Gasteiger partial charge >= 0.3 is 0 Å². The SMILES string of the molecule is CCC1COC=N1. The minimum Gasteiger partial charge on any atom is -0.481 e. The minimum absolute atomic E-state index is 0.444. The summed E-state index contributed by atoms with van der Waals surface area (Å²) in [5, 5.41) is 0. The lowest BCUT2D eigenvalue weighted by molar-refractivity contribution is 0.325. The van der Waals surface area contributed by atoms with Gasteiger partial charge in [0, 0.05) is 0 Å². The fourth-order valence-electron chi connectivity index (χ4n) is 0.550. The van der Waals surface area contributed by atoms with Crippen molar-refractivity contribution < 1.29 is 4.74 Å². The van der Waals surface area contributed by atoms with Gasteiger partial charge in [0.1, 0.15) is 6.61 Å². The molecule has 0 saturated heterocycles. The number of hydrogen-bond donors (Lipinski definition) is 0. The Morgan fingerprint density at radius 3 is 3.14 bits per heavy atom. The normalized spacial score (nSPS) is 27.9. The van der Waals surface area contributed by atoms with Crippen molar-refractivity contribution in [3.63, 3.8) is 0 Å². The average Bonchev–Trinajstić information content (AvgIpc) is 2.14. The van der Waals surface area contributed by atoms with Crippen LogP contribution in [-0.4, -0.2) is 19.0 Å². The first-order valence-electron chi connectivity index (χ1n) is 2.56. The third kappa shape index (κ3) is 0.918. The van der Waals surface area contributed by atoms with Gasteiger partial charge in [0.05, 0.1) is 6.04 Å². The van der Waals surface area contributed by atoms with E-state index in [1.54, 1.807) is 0 Å². The largest absolute Gasteiger partial charge is 0.481 e. The van der Waals surface area contributed by atoms with Gasteiger partial charge in [-0.1, -0.05) is 6.92 Å². The van der Waals surface area contributed by atoms with Crippen LogP contribution in [0.3, 0.4) is 0 Å². The Balaban J connectivity index is 2.28. The van der Waals surface area contributed by atoms with Crippen LogP contribution >= 0.6 is 0 Å². The van der Waals surface area contributed by atoms with Crippen molar-refractivity contribution in [2.75, 3.05) is 6.61 Å². The molecule has 0 amide bonds. The molecule has 0 N–H and O–H groups in total. The summed E-state index contributed by atoms with van der Waals surface area (Å²) >= 11 is 0. The van der Waals surface area contributed by atoms with Crippen LogP contribution in [0.1, 0.15) is 13.3 Å². The number of rotatable bonds is 1. The highest BCUT2D eigenvalue weighted by molar-refractivity contribution is 5.48. The smallest absolute Gasteiger partial charge is 0.169 e. The van der Waals surface area contributed by atoms with Crippen LogP contribution in [0, 0.1) is 0 Å². The monoisotopic (exact) mass is 99.1 g/mol. The standard InChI is InChI=1S/C5H9NO/c1-2-5-3-7-4-6-5/h4-5H,2-3H2,1H3. The fraction of sp³-hybridized carbons (Fsp3) is 0.800. The quantitative estimate of drug-likeness (QED) is 0.477. The van der Waals surface area contributed by atoms with E-state index in [0.29, 0.717) is 6.04 Å². The van der Waals surface area contributed by atoms with E-state index in [9.17, 15) is 0 Å². The number of ether oxygens (including phenoxy) is 1. The predicted octanol–water partition coefficient (Wildman–Crippen LogP) is 0.824. The van der Waals surface area contributed by atoms with Crippen LogP contribution in [-0.2, 0) is 4.74 Å². The molecule has 0 spiro atoms. The van der Waals surface area contributed by atoms with Crippen LogP contribution in [0.4, 0.5) is 0 Å². The van der Waals surface area contributed by atoms with Gasteiger partial charge in [0.2, 0.25) is 0 Å². The molecule has 0 bridgehead atoms. The zero-order chi connectivity index (χ0) is 5.11. The van der Waals surface area contributed by atoms with E-state index in [1.807, 2.05) is 0 Å². The second-order valence-corrected chi connectivity index (χ2v) is 1.65. The lowest BCUT2D eigenvalue weighted by atomic mass is 10.3. The number of aliphatic imine (C=N–C) groups is 1. The second-order valence-electron chi connectivity index (χ2n) is 1.65. The molecular formula is C5H9NO. The van der Waals surface area contributed by atoms with E-state index >= 15 is 0 Å². The van der Waals surface area contributed by atoms with E-state index in [2.05, 4.69) is 11.9 Å². The first-order valence-corrected chi connectivity index (χ1v) is 2.56. The van der Waals surface area contributed by atoms with Crippen molar-refractivity contribution in [3.05, 3.63) is 0 Å². The van der Waals surface area contributed by atoms with Gasteiger partial charge in [-0.15, -0.1) is 0 Å². The zero-order valence-corrected chi connectivity index (χ0v) is 4.42. The van der Waals surface area contributed by atoms with E-state index in [-0.39, 0.29) is 0 Å². The van der Waals surface area contributed by atoms with E-state index < -0.39 is 0 Å². The zero-order valence-electron chi connectivity index (χ0n) is 4.42. The first kappa shape index (κ1) is 4.62. The molecule has 0 fully saturated rings. The van der Waals surface area contributed by atoms with Crippen LogP contribution < -0.4 is 0 Å². The highest BCUT2D eigenvalue weighted by atomic mass is 16.5. The van der Waals surface area contributed by atoms with Crippen molar-refractivity contribution in [1.29, 1.82) is 0 Å². The summed E-state index contributed by atoms with van der Waals surface area (Å²) in [6.45, 7) is 2.90. The van der Waals surface area contributed by atoms with Gasteiger partial charge in [-0.25, -0.2) is 0 Å². The molecule has 2 heteroatoms. The maximum absolute atomic E-state index is 4.86. The van der Waals surface area contributed by atoms with E-state index in [1.165, 1.54) is 6.40 Å². The number of nitrogens with zero attached hydrogens (tertiary/aromatic N) is 1. The molecule has 1 atom stereocenters. The lowest BCUT2D eigenvalue weighted by Crippen LogP contribution is -2.02. The van der Waals surface area contributed by atoms with Crippen molar-refractivity contribution in [2.45, 2.75) is 19.4 Å². The second kappa shape index (κ2) is 1.96. The third-order valence-electron chi connectivity index (χ3n) is 1.11. The molecule has 2 nitrogen and oxygen atoms in total. The minimum atomic E-state index is 0.444. The topological polar surface area (TPSA) is 21.6 Å². The maximum atomic E-state index is 4.86. The molecular weight excluding hydrogens is 90.1 g/mol. The molecule has 7 heavy (non-hydrogen) atoms. The van der Waals surface area contributed by atoms with Crippen molar-refractivity contribution in [3.8, 4) is 0 Å². The molecule has 0 aromatic carbocycles. The lowest BCUT2D eigenvalue weighted by Gasteiger charge is -1.95. The number of hydrogen-bond acceptors (Lipinski definition) is 2. The molecule has 0 aromatic heterocycles. The summed E-state index contributed by atoms with van der Waals surface area (Å²) in [5.74, 6) is 0. The molecule has 1 rings (SSSR count). The van der Waals surface area contributed by atoms with Gasteiger partial charge in [0.15, 0.2) is 6.40 Å². The summed E-state index contributed by atoms with van der Waals surface area (Å²) in [6, 6.07) is 0.444. The first-order chi connectivity index (χ1) is 3.43. The molecule has 1 aliphatic rings. The Labute approximate surface area is 43.2 Å². The maximum Gasteiger partial charge on any atom is 0.169 e. The summed E-state index contributed by atoms with van der Waals surface area (Å²) in [6.07, 6.45) is 2.63. The van der Waals surface area contributed by atoms with E-state index in [4.69, 9.17) is 4.74 Å². The Hall–Kier alpha value is -0.530. The third-order valence-corrected chi connectivity index (χ3v) is 1.11. The Kier molecular flexibility index (Phi) is 1.29. The van der Waals surface area contributed by atoms with Gasteiger partial charge in [-0.2, -0.15) is 0 Å². The van der Waals surface area contributed by atoms with Crippen LogP contribution in [0.5, 0.6) is 0 Å². The van der Waals surface area contributed by atoms with Crippen molar-refractivity contribution >= 4 is 6.40 Å². The van der Waals surface area contributed by atoms with Gasteiger partial charge in [-0.05, 0) is 6.42 Å². The summed E-state index contributed by atoms with van der Waals surface area (Å²) in [5.41, 5.74) is 0. The molecule has 1 aliphatic heterocycles. The van der Waals surface area contributed by atoms with Crippen LogP contribution in [0.15, 0.2) is 4.99 Å².